The highest BCUT2D eigenvalue weighted by Crippen LogP contribution is 2.33. The number of pyridine rings is 1. The second-order valence-electron chi connectivity index (χ2n) is 6.21. The van der Waals surface area contributed by atoms with Gasteiger partial charge in [-0.05, 0) is 30.5 Å². The Morgan fingerprint density at radius 1 is 1.38 bits per heavy atom. The third kappa shape index (κ3) is 3.04. The fourth-order valence-electron chi connectivity index (χ4n) is 3.24. The van der Waals surface area contributed by atoms with Crippen LogP contribution in [0.15, 0.2) is 41.4 Å². The normalized spacial score (nSPS) is 16.2. The molecule has 134 valence electrons. The number of hydrogen-bond acceptors (Lipinski definition) is 4. The van der Waals surface area contributed by atoms with E-state index in [9.17, 15) is 4.79 Å². The maximum Gasteiger partial charge on any atom is 0.268 e. The van der Waals surface area contributed by atoms with E-state index in [1.165, 1.54) is 0 Å². The second-order valence-corrected chi connectivity index (χ2v) is 7.53. The van der Waals surface area contributed by atoms with Crippen LogP contribution in [0, 0.1) is 0 Å². The van der Waals surface area contributed by atoms with Crippen LogP contribution >= 0.6 is 23.4 Å². The standard InChI is InChI=1S/C19H18ClN3O2S/c1-23-15-8-12(20)4-3-11(15)7-16(23)19(24)22-14-5-6-25-17-9-13(26-2)10-21-18(14)17/h3-4,7-10,14H,5-6H2,1-2H3,(H,22,24). The first-order valence-electron chi connectivity index (χ1n) is 8.29. The van der Waals surface area contributed by atoms with Crippen molar-refractivity contribution in [2.24, 2.45) is 7.05 Å². The molecule has 5 nitrogen and oxygen atoms in total. The van der Waals surface area contributed by atoms with Crippen LogP contribution in [0.3, 0.4) is 0 Å². The van der Waals surface area contributed by atoms with E-state index in [1.54, 1.807) is 11.8 Å². The number of nitrogens with zero attached hydrogens (tertiary/aromatic N) is 2. The Hall–Kier alpha value is -2.18. The van der Waals surface area contributed by atoms with E-state index in [0.29, 0.717) is 23.7 Å². The topological polar surface area (TPSA) is 56.1 Å². The number of hydrogen-bond donors (Lipinski definition) is 1. The molecule has 1 unspecified atom stereocenters. The van der Waals surface area contributed by atoms with Crippen LogP contribution in [-0.2, 0) is 7.05 Å². The number of carbonyl (C=O) groups excluding carboxylic acids is 1. The minimum atomic E-state index is -0.163. The first-order chi connectivity index (χ1) is 12.6. The van der Waals surface area contributed by atoms with E-state index < -0.39 is 0 Å². The first kappa shape index (κ1) is 17.2. The molecule has 1 atom stereocenters. The minimum Gasteiger partial charge on any atom is -0.491 e. The van der Waals surface area contributed by atoms with Gasteiger partial charge in [0.05, 0.1) is 12.6 Å². The van der Waals surface area contributed by atoms with Crippen molar-refractivity contribution in [2.75, 3.05) is 12.9 Å². The number of aryl methyl sites for hydroxylation is 1. The van der Waals surface area contributed by atoms with Gasteiger partial charge in [0, 0.05) is 40.5 Å². The quantitative estimate of drug-likeness (QED) is 0.684. The van der Waals surface area contributed by atoms with E-state index in [1.807, 2.05) is 54.4 Å². The number of ether oxygens (including phenoxy) is 1. The molecule has 0 aliphatic carbocycles. The lowest BCUT2D eigenvalue weighted by molar-refractivity contribution is 0.0915. The third-order valence-corrected chi connectivity index (χ3v) is 5.56. The van der Waals surface area contributed by atoms with Gasteiger partial charge in [0.2, 0.25) is 0 Å². The molecule has 7 heteroatoms. The minimum absolute atomic E-state index is 0.131. The SMILES string of the molecule is CSc1cnc2c(c1)OCCC2NC(=O)c1cc2ccc(Cl)cc2n1C. The van der Waals surface area contributed by atoms with Crippen molar-refractivity contribution in [3.8, 4) is 5.75 Å². The summed E-state index contributed by atoms with van der Waals surface area (Å²) in [5.41, 5.74) is 2.30. The molecule has 1 aliphatic heterocycles. The van der Waals surface area contributed by atoms with Gasteiger partial charge < -0.3 is 14.6 Å². The van der Waals surface area contributed by atoms with E-state index >= 15 is 0 Å². The third-order valence-electron chi connectivity index (χ3n) is 4.63. The molecule has 1 N–H and O–H groups in total. The van der Waals surface area contributed by atoms with Crippen molar-refractivity contribution in [3.05, 3.63) is 52.9 Å². The number of rotatable bonds is 3. The summed E-state index contributed by atoms with van der Waals surface area (Å²) < 4.78 is 7.58. The molecule has 0 saturated carbocycles. The second kappa shape index (κ2) is 6.85. The van der Waals surface area contributed by atoms with E-state index in [-0.39, 0.29) is 11.9 Å². The molecule has 1 aromatic carbocycles. The summed E-state index contributed by atoms with van der Waals surface area (Å²) >= 11 is 7.69. The number of thioether (sulfide) groups is 1. The molecule has 2 aromatic heterocycles. The summed E-state index contributed by atoms with van der Waals surface area (Å²) in [5, 5.41) is 4.74. The maximum atomic E-state index is 12.9. The molecule has 0 radical (unpaired) electrons. The fourth-order valence-corrected chi connectivity index (χ4v) is 3.79. The van der Waals surface area contributed by atoms with Gasteiger partial charge in [0.25, 0.3) is 5.91 Å². The van der Waals surface area contributed by atoms with Crippen molar-refractivity contribution < 1.29 is 9.53 Å². The van der Waals surface area contributed by atoms with Gasteiger partial charge in [-0.15, -0.1) is 11.8 Å². The first-order valence-corrected chi connectivity index (χ1v) is 9.89. The summed E-state index contributed by atoms with van der Waals surface area (Å²) in [6.45, 7) is 0.558. The number of carbonyl (C=O) groups is 1. The Labute approximate surface area is 160 Å². The number of amides is 1. The summed E-state index contributed by atoms with van der Waals surface area (Å²) in [6, 6.07) is 9.30. The highest BCUT2D eigenvalue weighted by atomic mass is 35.5. The lowest BCUT2D eigenvalue weighted by Crippen LogP contribution is -2.33. The van der Waals surface area contributed by atoms with Crippen LogP contribution in [0.5, 0.6) is 5.75 Å². The van der Waals surface area contributed by atoms with E-state index in [4.69, 9.17) is 16.3 Å². The largest absolute Gasteiger partial charge is 0.491 e. The monoisotopic (exact) mass is 387 g/mol. The van der Waals surface area contributed by atoms with Gasteiger partial charge in [-0.1, -0.05) is 17.7 Å². The highest BCUT2D eigenvalue weighted by molar-refractivity contribution is 7.98. The number of halogens is 1. The van der Waals surface area contributed by atoms with Gasteiger partial charge in [-0.2, -0.15) is 0 Å². The molecular weight excluding hydrogens is 370 g/mol. The molecule has 0 spiro atoms. The van der Waals surface area contributed by atoms with Crippen LogP contribution < -0.4 is 10.1 Å². The van der Waals surface area contributed by atoms with Crippen LogP contribution in [0.1, 0.15) is 28.6 Å². The number of benzene rings is 1. The van der Waals surface area contributed by atoms with Crippen LogP contribution in [0.25, 0.3) is 10.9 Å². The van der Waals surface area contributed by atoms with Crippen molar-refractivity contribution in [1.29, 1.82) is 0 Å². The fraction of sp³-hybridized carbons (Fsp3) is 0.263. The number of fused-ring (bicyclic) bond motifs is 2. The van der Waals surface area contributed by atoms with Crippen molar-refractivity contribution in [2.45, 2.75) is 17.4 Å². The molecule has 1 amide bonds. The summed E-state index contributed by atoms with van der Waals surface area (Å²) in [7, 11) is 1.87. The number of nitrogens with one attached hydrogen (secondary N) is 1. The van der Waals surface area contributed by atoms with Crippen LogP contribution in [0.2, 0.25) is 5.02 Å². The molecule has 4 rings (SSSR count). The Bertz CT molecular complexity index is 1000. The predicted octanol–water partition coefficient (Wildman–Crippen LogP) is 4.20. The molecule has 3 aromatic rings. The summed E-state index contributed by atoms with van der Waals surface area (Å²) in [4.78, 5) is 18.4. The molecule has 26 heavy (non-hydrogen) atoms. The Morgan fingerprint density at radius 2 is 2.23 bits per heavy atom. The smallest absolute Gasteiger partial charge is 0.268 e. The van der Waals surface area contributed by atoms with Gasteiger partial charge in [0.15, 0.2) is 0 Å². The Kier molecular flexibility index (Phi) is 4.54. The van der Waals surface area contributed by atoms with Crippen molar-refractivity contribution >= 4 is 40.2 Å². The molecular formula is C19H18ClN3O2S. The van der Waals surface area contributed by atoms with E-state index in [2.05, 4.69) is 10.3 Å². The average molecular weight is 388 g/mol. The summed E-state index contributed by atoms with van der Waals surface area (Å²) in [6.07, 6.45) is 4.51. The zero-order valence-corrected chi connectivity index (χ0v) is 16.0. The van der Waals surface area contributed by atoms with Crippen LogP contribution in [-0.4, -0.2) is 28.3 Å². The molecule has 0 fully saturated rings. The number of aromatic nitrogens is 2. The lowest BCUT2D eigenvalue weighted by Gasteiger charge is -2.26. The average Bonchev–Trinajstić information content (AvgIpc) is 2.98. The molecule has 3 heterocycles. The highest BCUT2D eigenvalue weighted by Gasteiger charge is 2.26. The maximum absolute atomic E-state index is 12.9. The molecule has 0 bridgehead atoms. The zero-order valence-electron chi connectivity index (χ0n) is 14.5. The van der Waals surface area contributed by atoms with Crippen molar-refractivity contribution in [1.82, 2.24) is 14.9 Å². The molecule has 0 saturated heterocycles. The Morgan fingerprint density at radius 3 is 3.04 bits per heavy atom. The molecule has 1 aliphatic rings. The van der Waals surface area contributed by atoms with Gasteiger partial charge >= 0.3 is 0 Å². The summed E-state index contributed by atoms with van der Waals surface area (Å²) in [5.74, 6) is 0.616. The van der Waals surface area contributed by atoms with Crippen molar-refractivity contribution in [3.63, 3.8) is 0 Å². The predicted molar refractivity (Wildman–Crippen MR) is 104 cm³/mol. The lowest BCUT2D eigenvalue weighted by atomic mass is 10.1. The van der Waals surface area contributed by atoms with Gasteiger partial charge in [-0.25, -0.2) is 0 Å². The van der Waals surface area contributed by atoms with Crippen LogP contribution in [0.4, 0.5) is 0 Å². The zero-order chi connectivity index (χ0) is 18.3. The van der Waals surface area contributed by atoms with Gasteiger partial charge in [-0.3, -0.25) is 9.78 Å². The van der Waals surface area contributed by atoms with E-state index in [0.717, 1.165) is 27.2 Å². The van der Waals surface area contributed by atoms with Gasteiger partial charge in [0.1, 0.15) is 17.1 Å². The Balaban J connectivity index is 1.63.